The van der Waals surface area contributed by atoms with Crippen LogP contribution in [0, 0.1) is 0 Å². The number of unbranched alkanes of at least 4 members (excludes halogenated alkanes) is 12. The summed E-state index contributed by atoms with van der Waals surface area (Å²) in [5.41, 5.74) is -0.766. The highest BCUT2D eigenvalue weighted by atomic mass is 16.3. The van der Waals surface area contributed by atoms with Gasteiger partial charge in [-0.3, -0.25) is 4.99 Å². The Balaban J connectivity index is 1.79. The van der Waals surface area contributed by atoms with Gasteiger partial charge in [-0.15, -0.1) is 0 Å². The number of hydrogen-bond acceptors (Lipinski definition) is 3. The molecule has 0 saturated heterocycles. The van der Waals surface area contributed by atoms with Crippen LogP contribution in [0.4, 0.5) is 0 Å². The number of nitrogens with zero attached hydrogens (tertiary/aromatic N) is 1. The SMILES string of the molecule is CCCCCCCCC=CCCCCCCCCC1=NCC(O)(CC)N1. The molecule has 1 atom stereocenters. The summed E-state index contributed by atoms with van der Waals surface area (Å²) in [6.45, 7) is 4.79. The molecule has 1 aliphatic heterocycles. The maximum atomic E-state index is 10.1. The molecule has 3 heteroatoms. The first kappa shape index (κ1) is 23.2. The van der Waals surface area contributed by atoms with Crippen LogP contribution in [0.15, 0.2) is 17.1 Å². The molecule has 1 aliphatic rings. The predicted octanol–water partition coefficient (Wildman–Crippen LogP) is 6.51. The number of aliphatic hydroxyl groups is 1. The average Bonchev–Trinajstić information content (AvgIpc) is 3.03. The zero-order valence-electron chi connectivity index (χ0n) is 17.6. The standard InChI is InChI=1S/C23H44N2O/c1-3-5-6-7-8-9-10-11-12-13-14-15-16-17-18-19-20-22-24-21-23(26,4-2)25-22/h11-12,26H,3-10,13-21H2,1-2H3,(H,24,25). The summed E-state index contributed by atoms with van der Waals surface area (Å²) in [5.74, 6) is 1.00. The van der Waals surface area contributed by atoms with Crippen molar-refractivity contribution in [2.75, 3.05) is 6.54 Å². The number of amidine groups is 1. The van der Waals surface area contributed by atoms with Crippen molar-refractivity contribution in [2.24, 2.45) is 4.99 Å². The summed E-state index contributed by atoms with van der Waals surface area (Å²) in [6.07, 6.45) is 25.2. The molecule has 1 unspecified atom stereocenters. The van der Waals surface area contributed by atoms with Crippen molar-refractivity contribution in [3.05, 3.63) is 12.2 Å². The van der Waals surface area contributed by atoms with E-state index in [0.717, 1.165) is 12.3 Å². The molecule has 2 N–H and O–H groups in total. The summed E-state index contributed by atoms with van der Waals surface area (Å²) in [5, 5.41) is 13.2. The van der Waals surface area contributed by atoms with Crippen LogP contribution in [0.1, 0.15) is 117 Å². The Morgan fingerprint density at radius 2 is 1.38 bits per heavy atom. The Labute approximate surface area is 162 Å². The lowest BCUT2D eigenvalue weighted by molar-refractivity contribution is 0.0393. The topological polar surface area (TPSA) is 44.6 Å². The minimum absolute atomic E-state index is 0.519. The largest absolute Gasteiger partial charge is 0.369 e. The van der Waals surface area contributed by atoms with E-state index in [4.69, 9.17) is 0 Å². The molecule has 0 aromatic heterocycles. The van der Waals surface area contributed by atoms with Crippen molar-refractivity contribution in [3.63, 3.8) is 0 Å². The maximum Gasteiger partial charge on any atom is 0.155 e. The summed E-state index contributed by atoms with van der Waals surface area (Å²) in [7, 11) is 0. The monoisotopic (exact) mass is 364 g/mol. The van der Waals surface area contributed by atoms with Gasteiger partial charge in [-0.2, -0.15) is 0 Å². The molecule has 0 aliphatic carbocycles. The van der Waals surface area contributed by atoms with Gasteiger partial charge in [-0.05, 0) is 38.5 Å². The van der Waals surface area contributed by atoms with Gasteiger partial charge in [-0.25, -0.2) is 0 Å². The van der Waals surface area contributed by atoms with Crippen LogP contribution in [0.25, 0.3) is 0 Å². The quantitative estimate of drug-likeness (QED) is 0.228. The highest BCUT2D eigenvalue weighted by Crippen LogP contribution is 2.15. The van der Waals surface area contributed by atoms with Gasteiger partial charge in [0.15, 0.2) is 5.72 Å². The molecule has 0 spiro atoms. The summed E-state index contributed by atoms with van der Waals surface area (Å²) >= 11 is 0. The number of aliphatic imine (C=N–C) groups is 1. The Morgan fingerprint density at radius 3 is 1.92 bits per heavy atom. The first-order valence-electron chi connectivity index (χ1n) is 11.4. The second kappa shape index (κ2) is 15.2. The number of rotatable bonds is 17. The molecule has 0 aromatic rings. The van der Waals surface area contributed by atoms with Gasteiger partial charge in [0.05, 0.1) is 12.4 Å². The molecule has 0 saturated carbocycles. The van der Waals surface area contributed by atoms with Crippen molar-refractivity contribution < 1.29 is 5.11 Å². The van der Waals surface area contributed by atoms with E-state index in [9.17, 15) is 5.11 Å². The Morgan fingerprint density at radius 1 is 0.846 bits per heavy atom. The molecule has 0 radical (unpaired) electrons. The lowest BCUT2D eigenvalue weighted by Gasteiger charge is -2.20. The van der Waals surface area contributed by atoms with Gasteiger partial charge in [0, 0.05) is 6.42 Å². The summed E-state index contributed by atoms with van der Waals surface area (Å²) in [6, 6.07) is 0. The third kappa shape index (κ3) is 11.7. The van der Waals surface area contributed by atoms with Gasteiger partial charge < -0.3 is 10.4 Å². The highest BCUT2D eigenvalue weighted by Gasteiger charge is 2.29. The second-order valence-corrected chi connectivity index (χ2v) is 7.96. The van der Waals surface area contributed by atoms with E-state index >= 15 is 0 Å². The Kier molecular flexibility index (Phi) is 13.6. The molecule has 3 nitrogen and oxygen atoms in total. The lowest BCUT2D eigenvalue weighted by Crippen LogP contribution is -2.44. The molecule has 152 valence electrons. The van der Waals surface area contributed by atoms with Crippen LogP contribution in [-0.4, -0.2) is 23.2 Å². The van der Waals surface area contributed by atoms with Gasteiger partial charge >= 0.3 is 0 Å². The number of allylic oxidation sites excluding steroid dienone is 2. The predicted molar refractivity (Wildman–Crippen MR) is 115 cm³/mol. The van der Waals surface area contributed by atoms with Gasteiger partial charge in [0.25, 0.3) is 0 Å². The van der Waals surface area contributed by atoms with E-state index in [0.29, 0.717) is 13.0 Å². The van der Waals surface area contributed by atoms with E-state index in [-0.39, 0.29) is 0 Å². The smallest absolute Gasteiger partial charge is 0.155 e. The minimum Gasteiger partial charge on any atom is -0.369 e. The summed E-state index contributed by atoms with van der Waals surface area (Å²) in [4.78, 5) is 4.41. The third-order valence-electron chi connectivity index (χ3n) is 5.42. The first-order chi connectivity index (χ1) is 12.7. The third-order valence-corrected chi connectivity index (χ3v) is 5.42. The zero-order chi connectivity index (χ0) is 18.9. The van der Waals surface area contributed by atoms with Crippen molar-refractivity contribution in [2.45, 2.75) is 122 Å². The molecule has 0 bridgehead atoms. The summed E-state index contributed by atoms with van der Waals surface area (Å²) < 4.78 is 0. The van der Waals surface area contributed by atoms with Gasteiger partial charge in [-0.1, -0.05) is 83.8 Å². The van der Waals surface area contributed by atoms with Crippen LogP contribution in [-0.2, 0) is 0 Å². The van der Waals surface area contributed by atoms with Gasteiger partial charge in [0.2, 0.25) is 0 Å². The van der Waals surface area contributed by atoms with Crippen LogP contribution in [0.3, 0.4) is 0 Å². The number of hydrogen-bond donors (Lipinski definition) is 2. The Hall–Kier alpha value is -0.830. The molecule has 0 fully saturated rings. The van der Waals surface area contributed by atoms with Crippen molar-refractivity contribution in [1.82, 2.24) is 5.32 Å². The van der Waals surface area contributed by atoms with E-state index in [1.54, 1.807) is 0 Å². The molecule has 0 aromatic carbocycles. The molecular weight excluding hydrogens is 320 g/mol. The van der Waals surface area contributed by atoms with Gasteiger partial charge in [0.1, 0.15) is 0 Å². The van der Waals surface area contributed by atoms with E-state index in [1.165, 1.54) is 89.9 Å². The first-order valence-corrected chi connectivity index (χ1v) is 11.4. The molecule has 1 rings (SSSR count). The van der Waals surface area contributed by atoms with Crippen molar-refractivity contribution in [3.8, 4) is 0 Å². The lowest BCUT2D eigenvalue weighted by atomic mass is 10.1. The van der Waals surface area contributed by atoms with E-state index < -0.39 is 5.72 Å². The van der Waals surface area contributed by atoms with E-state index in [1.807, 2.05) is 6.92 Å². The maximum absolute atomic E-state index is 10.1. The highest BCUT2D eigenvalue weighted by molar-refractivity contribution is 5.84. The zero-order valence-corrected chi connectivity index (χ0v) is 17.6. The van der Waals surface area contributed by atoms with Crippen LogP contribution in [0.2, 0.25) is 0 Å². The Bertz CT molecular complexity index is 392. The second-order valence-electron chi connectivity index (χ2n) is 7.96. The van der Waals surface area contributed by atoms with Crippen molar-refractivity contribution >= 4 is 5.84 Å². The normalized spacial score (nSPS) is 19.9. The minimum atomic E-state index is -0.766. The van der Waals surface area contributed by atoms with Crippen LogP contribution >= 0.6 is 0 Å². The average molecular weight is 365 g/mol. The van der Waals surface area contributed by atoms with E-state index in [2.05, 4.69) is 29.4 Å². The molecule has 0 amide bonds. The molecular formula is C23H44N2O. The van der Waals surface area contributed by atoms with Crippen LogP contribution in [0.5, 0.6) is 0 Å². The van der Waals surface area contributed by atoms with Crippen molar-refractivity contribution in [1.29, 1.82) is 0 Å². The fourth-order valence-corrected chi connectivity index (χ4v) is 3.46. The molecule has 1 heterocycles. The van der Waals surface area contributed by atoms with Crippen LogP contribution < -0.4 is 5.32 Å². The molecule has 26 heavy (non-hydrogen) atoms. The fourth-order valence-electron chi connectivity index (χ4n) is 3.46. The fraction of sp³-hybridized carbons (Fsp3) is 0.870. The number of nitrogens with one attached hydrogen (secondary N) is 1.